The third-order valence-corrected chi connectivity index (χ3v) is 9.49. The lowest BCUT2D eigenvalue weighted by Crippen LogP contribution is -2.45. The van der Waals surface area contributed by atoms with Crippen LogP contribution >= 0.6 is 0 Å². The third kappa shape index (κ3) is 9.95. The molecule has 5 heterocycles. The van der Waals surface area contributed by atoms with Crippen molar-refractivity contribution in [2.24, 2.45) is 5.92 Å². The summed E-state index contributed by atoms with van der Waals surface area (Å²) >= 11 is 0. The zero-order valence-electron chi connectivity index (χ0n) is 30.8. The number of ether oxygens (including phenoxy) is 1. The van der Waals surface area contributed by atoms with Gasteiger partial charge < -0.3 is 25.2 Å². The van der Waals surface area contributed by atoms with E-state index in [-0.39, 0.29) is 40.4 Å². The first-order chi connectivity index (χ1) is 27.2. The summed E-state index contributed by atoms with van der Waals surface area (Å²) in [6.45, 7) is 2.29. The van der Waals surface area contributed by atoms with Gasteiger partial charge in [0.05, 0.1) is 31.2 Å². The number of methoxy groups -OCH3 is 1. The number of piperidine rings is 1. The van der Waals surface area contributed by atoms with Gasteiger partial charge in [0, 0.05) is 49.4 Å². The molecule has 298 valence electrons. The second kappa shape index (κ2) is 17.3. The Labute approximate surface area is 324 Å². The lowest BCUT2D eigenvalue weighted by atomic mass is 9.99. The van der Waals surface area contributed by atoms with Gasteiger partial charge in [0.2, 0.25) is 5.91 Å². The molecule has 1 atom stereocenters. The van der Waals surface area contributed by atoms with Crippen LogP contribution < -0.4 is 20.3 Å². The van der Waals surface area contributed by atoms with E-state index in [2.05, 4.69) is 37.5 Å². The molecule has 0 bridgehead atoms. The number of aromatic nitrogens is 4. The Bertz CT molecular complexity index is 2170. The summed E-state index contributed by atoms with van der Waals surface area (Å²) in [5.41, 5.74) is -1.11. The Morgan fingerprint density at radius 2 is 1.54 bits per heavy atom. The van der Waals surface area contributed by atoms with Crippen LogP contribution in [0.25, 0.3) is 11.3 Å². The van der Waals surface area contributed by atoms with Crippen LogP contribution in [-0.4, -0.2) is 57.0 Å². The smallest absolute Gasteiger partial charge is 0.433 e. The molecule has 0 spiro atoms. The van der Waals surface area contributed by atoms with Crippen LogP contribution in [0.3, 0.4) is 0 Å². The first-order valence-electron chi connectivity index (χ1n) is 17.9. The van der Waals surface area contributed by atoms with Crippen LogP contribution in [-0.2, 0) is 30.2 Å². The lowest BCUT2D eigenvalue weighted by molar-refractivity contribution is -0.141. The SMILES string of the molecule is COc1cccc(-c2nc(C(F)(F)F)ccc2CN(C(=O)Nc2cccnc2)C(C(=O)NCc2ccc(C(F)(F)F)nc2N2CCC(C)CC2)c2ccncc2)c1. The van der Waals surface area contributed by atoms with Gasteiger partial charge in [-0.05, 0) is 78.4 Å². The second-order valence-electron chi connectivity index (χ2n) is 13.5. The van der Waals surface area contributed by atoms with E-state index in [1.54, 1.807) is 35.2 Å². The number of benzene rings is 1. The third-order valence-electron chi connectivity index (χ3n) is 9.49. The maximum Gasteiger partial charge on any atom is 0.433 e. The summed E-state index contributed by atoms with van der Waals surface area (Å²) in [6, 6.07) is 14.2. The summed E-state index contributed by atoms with van der Waals surface area (Å²) in [5, 5.41) is 5.51. The fourth-order valence-electron chi connectivity index (χ4n) is 6.45. The standard InChI is InChI=1S/C40H38F6N8O3/c1-25-14-19-53(20-15-25)36-28(8-10-33(52-36)40(44,45)46)22-49-37(55)35(26-12-17-47-18-13-26)54(38(56)50-30-6-4-16-48-23-30)24-29-9-11-32(39(41,42)43)51-34(29)27-5-3-7-31(21-27)57-2/h3-13,16-18,21,23,25,35H,14-15,19-20,22,24H2,1-2H3,(H,49,55)(H,50,56). The molecule has 6 rings (SSSR count). The Morgan fingerprint density at radius 3 is 2.19 bits per heavy atom. The van der Waals surface area contributed by atoms with Gasteiger partial charge in [0.1, 0.15) is 29.0 Å². The van der Waals surface area contributed by atoms with Crippen LogP contribution in [0.5, 0.6) is 5.75 Å². The number of nitrogens with zero attached hydrogens (tertiary/aromatic N) is 6. The fraction of sp³-hybridized carbons (Fsp3) is 0.300. The zero-order chi connectivity index (χ0) is 40.7. The van der Waals surface area contributed by atoms with Crippen molar-refractivity contribution >= 4 is 23.4 Å². The molecule has 11 nitrogen and oxygen atoms in total. The summed E-state index contributed by atoms with van der Waals surface area (Å²) in [6.07, 6.45) is -2.35. The zero-order valence-corrected chi connectivity index (χ0v) is 30.8. The number of amides is 3. The van der Waals surface area contributed by atoms with Crippen molar-refractivity contribution in [3.05, 3.63) is 126 Å². The molecule has 1 saturated heterocycles. The molecular weight excluding hydrogens is 754 g/mol. The van der Waals surface area contributed by atoms with E-state index in [9.17, 15) is 35.9 Å². The van der Waals surface area contributed by atoms with E-state index in [0.29, 0.717) is 30.3 Å². The highest BCUT2D eigenvalue weighted by atomic mass is 19.4. The molecule has 0 radical (unpaired) electrons. The number of hydrogen-bond acceptors (Lipinski definition) is 8. The molecule has 4 aromatic heterocycles. The van der Waals surface area contributed by atoms with Crippen molar-refractivity contribution < 1.29 is 40.7 Å². The van der Waals surface area contributed by atoms with Crippen LogP contribution in [0.2, 0.25) is 0 Å². The highest BCUT2D eigenvalue weighted by molar-refractivity contribution is 5.94. The number of carbonyl (C=O) groups excluding carboxylic acids is 2. The van der Waals surface area contributed by atoms with Crippen molar-refractivity contribution in [1.29, 1.82) is 0 Å². The van der Waals surface area contributed by atoms with Gasteiger partial charge in [-0.2, -0.15) is 26.3 Å². The summed E-state index contributed by atoms with van der Waals surface area (Å²) < 4.78 is 88.9. The minimum absolute atomic E-state index is 0.0856. The number of urea groups is 1. The van der Waals surface area contributed by atoms with Gasteiger partial charge in [-0.3, -0.25) is 14.8 Å². The average molecular weight is 793 g/mol. The van der Waals surface area contributed by atoms with Crippen molar-refractivity contribution in [2.45, 2.75) is 51.2 Å². The molecule has 1 aliphatic rings. The average Bonchev–Trinajstić information content (AvgIpc) is 3.20. The van der Waals surface area contributed by atoms with E-state index < -0.39 is 48.3 Å². The van der Waals surface area contributed by atoms with Crippen molar-refractivity contribution in [3.8, 4) is 17.0 Å². The van der Waals surface area contributed by atoms with Crippen molar-refractivity contribution in [1.82, 2.24) is 30.2 Å². The number of hydrogen-bond donors (Lipinski definition) is 2. The van der Waals surface area contributed by atoms with E-state index >= 15 is 0 Å². The molecule has 2 N–H and O–H groups in total. The Balaban J connectivity index is 1.42. The maximum atomic E-state index is 14.5. The second-order valence-corrected chi connectivity index (χ2v) is 13.5. The molecule has 1 fully saturated rings. The minimum atomic E-state index is -4.80. The first-order valence-corrected chi connectivity index (χ1v) is 17.9. The molecule has 1 unspecified atom stereocenters. The Hall–Kier alpha value is -6.26. The maximum absolute atomic E-state index is 14.5. The Kier molecular flexibility index (Phi) is 12.2. The monoisotopic (exact) mass is 792 g/mol. The van der Waals surface area contributed by atoms with E-state index in [4.69, 9.17) is 4.74 Å². The lowest BCUT2D eigenvalue weighted by Gasteiger charge is -2.33. The minimum Gasteiger partial charge on any atom is -0.497 e. The predicted octanol–water partition coefficient (Wildman–Crippen LogP) is 8.31. The van der Waals surface area contributed by atoms with Gasteiger partial charge in [-0.15, -0.1) is 0 Å². The van der Waals surface area contributed by atoms with Crippen LogP contribution in [0, 0.1) is 5.92 Å². The normalized spacial score (nSPS) is 14.1. The number of pyridine rings is 4. The highest BCUT2D eigenvalue weighted by Gasteiger charge is 2.37. The topological polar surface area (TPSA) is 125 Å². The summed E-state index contributed by atoms with van der Waals surface area (Å²) in [4.78, 5) is 47.8. The molecule has 17 heteroatoms. The molecule has 1 aliphatic heterocycles. The molecule has 0 aliphatic carbocycles. The van der Waals surface area contributed by atoms with Gasteiger partial charge in [0.25, 0.3) is 0 Å². The van der Waals surface area contributed by atoms with Gasteiger partial charge in [0.15, 0.2) is 0 Å². The number of alkyl halides is 6. The number of halogens is 6. The summed E-state index contributed by atoms with van der Waals surface area (Å²) in [5.74, 6) is 0.0596. The largest absolute Gasteiger partial charge is 0.497 e. The summed E-state index contributed by atoms with van der Waals surface area (Å²) in [7, 11) is 1.40. The molecule has 57 heavy (non-hydrogen) atoms. The van der Waals surface area contributed by atoms with Gasteiger partial charge in [-0.25, -0.2) is 14.8 Å². The Morgan fingerprint density at radius 1 is 0.860 bits per heavy atom. The molecule has 5 aromatic rings. The predicted molar refractivity (Wildman–Crippen MR) is 199 cm³/mol. The fourth-order valence-corrected chi connectivity index (χ4v) is 6.45. The van der Waals surface area contributed by atoms with Gasteiger partial charge >= 0.3 is 18.4 Å². The number of nitrogens with one attached hydrogen (secondary N) is 2. The van der Waals surface area contributed by atoms with E-state index in [0.717, 1.165) is 29.9 Å². The first kappa shape index (κ1) is 40.4. The number of rotatable bonds is 11. The van der Waals surface area contributed by atoms with Gasteiger partial charge in [-0.1, -0.05) is 31.2 Å². The number of anilines is 2. The van der Waals surface area contributed by atoms with Crippen molar-refractivity contribution in [2.75, 3.05) is 30.4 Å². The van der Waals surface area contributed by atoms with Crippen molar-refractivity contribution in [3.63, 3.8) is 0 Å². The molecule has 0 saturated carbocycles. The van der Waals surface area contributed by atoms with Crippen LogP contribution in [0.15, 0.2) is 97.6 Å². The van der Waals surface area contributed by atoms with Crippen LogP contribution in [0.4, 0.5) is 42.6 Å². The quantitative estimate of drug-likeness (QED) is 0.128. The highest BCUT2D eigenvalue weighted by Crippen LogP contribution is 2.36. The van der Waals surface area contributed by atoms with E-state index in [1.807, 2.05) is 0 Å². The van der Waals surface area contributed by atoms with Crippen LogP contribution in [0.1, 0.15) is 53.9 Å². The molecule has 1 aromatic carbocycles. The molecule has 3 amide bonds. The molecular formula is C40H38F6N8O3. The number of carbonyl (C=O) groups is 2. The van der Waals surface area contributed by atoms with E-state index in [1.165, 1.54) is 62.2 Å².